The van der Waals surface area contributed by atoms with E-state index in [9.17, 15) is 9.59 Å². The summed E-state index contributed by atoms with van der Waals surface area (Å²) in [5.41, 5.74) is 2.87. The molecule has 29 heavy (non-hydrogen) atoms. The van der Waals surface area contributed by atoms with Crippen molar-refractivity contribution in [3.8, 4) is 0 Å². The Balaban J connectivity index is 1.92. The second-order valence-corrected chi connectivity index (χ2v) is 7.10. The van der Waals surface area contributed by atoms with Crippen LogP contribution in [0.2, 0.25) is 0 Å². The van der Waals surface area contributed by atoms with Gasteiger partial charge in [-0.15, -0.1) is 0 Å². The van der Waals surface area contributed by atoms with E-state index in [1.807, 2.05) is 91.0 Å². The van der Waals surface area contributed by atoms with Crippen molar-refractivity contribution in [2.75, 3.05) is 0 Å². The lowest BCUT2D eigenvalue weighted by molar-refractivity contribution is 0.560. The Kier molecular flexibility index (Phi) is 5.25. The first kappa shape index (κ1) is 18.7. The van der Waals surface area contributed by atoms with Crippen molar-refractivity contribution in [1.82, 2.24) is 9.13 Å². The van der Waals surface area contributed by atoms with Crippen molar-refractivity contribution in [2.45, 2.75) is 19.5 Å². The predicted molar refractivity (Wildman–Crippen MR) is 115 cm³/mol. The summed E-state index contributed by atoms with van der Waals surface area (Å²) >= 11 is 0. The first-order valence-corrected chi connectivity index (χ1v) is 9.61. The van der Waals surface area contributed by atoms with Crippen LogP contribution in [0.4, 0.5) is 0 Å². The van der Waals surface area contributed by atoms with Gasteiger partial charge in [0.05, 0.1) is 12.6 Å². The van der Waals surface area contributed by atoms with E-state index in [1.54, 1.807) is 17.7 Å². The molecule has 1 heterocycles. The monoisotopic (exact) mass is 382 g/mol. The molecule has 0 saturated heterocycles. The zero-order valence-corrected chi connectivity index (χ0v) is 16.2. The minimum absolute atomic E-state index is 0.247. The van der Waals surface area contributed by atoms with Crippen molar-refractivity contribution in [3.63, 3.8) is 0 Å². The molecule has 4 heteroatoms. The molecule has 0 saturated carbocycles. The molecule has 0 unspecified atom stereocenters. The highest BCUT2D eigenvalue weighted by Crippen LogP contribution is 2.25. The van der Waals surface area contributed by atoms with Gasteiger partial charge in [0.1, 0.15) is 0 Å². The van der Waals surface area contributed by atoms with Crippen LogP contribution in [0.25, 0.3) is 0 Å². The van der Waals surface area contributed by atoms with Crippen molar-refractivity contribution >= 4 is 0 Å². The first-order valence-electron chi connectivity index (χ1n) is 9.61. The average molecular weight is 382 g/mol. The highest BCUT2D eigenvalue weighted by Gasteiger charge is 2.20. The summed E-state index contributed by atoms with van der Waals surface area (Å²) in [6.07, 6.45) is 1.68. The average Bonchev–Trinajstić information content (AvgIpc) is 2.77. The lowest BCUT2D eigenvalue weighted by Crippen LogP contribution is -2.42. The van der Waals surface area contributed by atoms with Crippen LogP contribution in [-0.4, -0.2) is 9.13 Å². The lowest BCUT2D eigenvalue weighted by Gasteiger charge is -2.22. The standard InChI is InChI=1S/C25H22N2O2/c1-19-17-26(25(29)27(24(19)28)18-20-11-5-2-6-12-20)23(21-13-7-3-8-14-21)22-15-9-4-10-16-22/h2-17,23H,18H2,1H3. The van der Waals surface area contributed by atoms with Gasteiger partial charge in [-0.3, -0.25) is 13.9 Å². The minimum atomic E-state index is -0.317. The van der Waals surface area contributed by atoms with Gasteiger partial charge in [0, 0.05) is 11.8 Å². The van der Waals surface area contributed by atoms with E-state index in [0.717, 1.165) is 16.7 Å². The Labute approximate surface area is 169 Å². The summed E-state index contributed by atoms with van der Waals surface area (Å²) in [7, 11) is 0. The van der Waals surface area contributed by atoms with Gasteiger partial charge in [-0.2, -0.15) is 0 Å². The van der Waals surface area contributed by atoms with E-state index in [1.165, 1.54) is 4.57 Å². The Bertz CT molecular complexity index is 1170. The van der Waals surface area contributed by atoms with Gasteiger partial charge in [-0.1, -0.05) is 91.0 Å². The predicted octanol–water partition coefficient (Wildman–Crippen LogP) is 4.00. The molecule has 4 nitrogen and oxygen atoms in total. The molecule has 4 rings (SSSR count). The van der Waals surface area contributed by atoms with Crippen LogP contribution in [0.1, 0.15) is 28.3 Å². The van der Waals surface area contributed by atoms with E-state index < -0.39 is 0 Å². The molecule has 0 aliphatic rings. The summed E-state index contributed by atoms with van der Waals surface area (Å²) < 4.78 is 2.99. The second kappa shape index (κ2) is 8.15. The number of nitrogens with zero attached hydrogens (tertiary/aromatic N) is 2. The van der Waals surface area contributed by atoms with E-state index in [2.05, 4.69) is 0 Å². The molecule has 0 amide bonds. The lowest BCUT2D eigenvalue weighted by atomic mass is 9.98. The Hall–Kier alpha value is -3.66. The number of aryl methyl sites for hydroxylation is 1. The highest BCUT2D eigenvalue weighted by molar-refractivity contribution is 5.33. The van der Waals surface area contributed by atoms with Gasteiger partial charge < -0.3 is 0 Å². The van der Waals surface area contributed by atoms with Crippen LogP contribution >= 0.6 is 0 Å². The van der Waals surface area contributed by atoms with Gasteiger partial charge in [0.15, 0.2) is 0 Å². The van der Waals surface area contributed by atoms with Crippen molar-refractivity contribution in [2.24, 2.45) is 0 Å². The van der Waals surface area contributed by atoms with Crippen LogP contribution in [0.15, 0.2) is 107 Å². The summed E-state index contributed by atoms with van der Waals surface area (Å²) in [4.78, 5) is 26.3. The second-order valence-electron chi connectivity index (χ2n) is 7.10. The summed E-state index contributed by atoms with van der Waals surface area (Å²) in [5.74, 6) is 0. The fourth-order valence-corrected chi connectivity index (χ4v) is 3.63. The maximum absolute atomic E-state index is 13.5. The quantitative estimate of drug-likeness (QED) is 0.524. The molecule has 1 aromatic heterocycles. The molecular weight excluding hydrogens is 360 g/mol. The van der Waals surface area contributed by atoms with Crippen LogP contribution in [0.5, 0.6) is 0 Å². The molecular formula is C25H22N2O2. The van der Waals surface area contributed by atoms with E-state index >= 15 is 0 Å². The van der Waals surface area contributed by atoms with Gasteiger partial charge >= 0.3 is 5.69 Å². The van der Waals surface area contributed by atoms with Crippen LogP contribution in [0.3, 0.4) is 0 Å². The molecule has 3 aromatic carbocycles. The molecule has 4 aromatic rings. The number of benzene rings is 3. The fraction of sp³-hybridized carbons (Fsp3) is 0.120. The third-order valence-corrected chi connectivity index (χ3v) is 5.06. The maximum Gasteiger partial charge on any atom is 0.332 e. The highest BCUT2D eigenvalue weighted by atomic mass is 16.2. The zero-order valence-electron chi connectivity index (χ0n) is 16.2. The van der Waals surface area contributed by atoms with Crippen LogP contribution in [-0.2, 0) is 6.54 Å². The third kappa shape index (κ3) is 3.83. The van der Waals surface area contributed by atoms with Gasteiger partial charge in [-0.05, 0) is 23.6 Å². The normalized spacial score (nSPS) is 11.0. The summed E-state index contributed by atoms with van der Waals surface area (Å²) in [6.45, 7) is 2.00. The van der Waals surface area contributed by atoms with Crippen LogP contribution < -0.4 is 11.2 Å². The third-order valence-electron chi connectivity index (χ3n) is 5.06. The van der Waals surface area contributed by atoms with Gasteiger partial charge in [-0.25, -0.2) is 4.79 Å². The summed E-state index contributed by atoms with van der Waals surface area (Å²) in [6, 6.07) is 29.0. The number of aromatic nitrogens is 2. The van der Waals surface area contributed by atoms with Crippen LogP contribution in [0, 0.1) is 6.92 Å². The molecule has 0 N–H and O–H groups in total. The van der Waals surface area contributed by atoms with E-state index in [-0.39, 0.29) is 23.8 Å². The molecule has 0 atom stereocenters. The maximum atomic E-state index is 13.5. The van der Waals surface area contributed by atoms with E-state index in [4.69, 9.17) is 0 Å². The molecule has 0 aliphatic carbocycles. The minimum Gasteiger partial charge on any atom is -0.289 e. The van der Waals surface area contributed by atoms with E-state index in [0.29, 0.717) is 5.56 Å². The molecule has 0 fully saturated rings. The molecule has 0 bridgehead atoms. The number of rotatable bonds is 5. The largest absolute Gasteiger partial charge is 0.332 e. The van der Waals surface area contributed by atoms with Crippen molar-refractivity contribution < 1.29 is 0 Å². The molecule has 144 valence electrons. The SMILES string of the molecule is Cc1cn(C(c2ccccc2)c2ccccc2)c(=O)n(Cc2ccccc2)c1=O. The Morgan fingerprint density at radius 2 is 1.21 bits per heavy atom. The first-order chi connectivity index (χ1) is 14.1. The Morgan fingerprint density at radius 1 is 0.724 bits per heavy atom. The van der Waals surface area contributed by atoms with Crippen molar-refractivity contribution in [3.05, 3.63) is 140 Å². The van der Waals surface area contributed by atoms with Gasteiger partial charge in [0.25, 0.3) is 5.56 Å². The number of hydrogen-bond donors (Lipinski definition) is 0. The smallest absolute Gasteiger partial charge is 0.289 e. The number of hydrogen-bond acceptors (Lipinski definition) is 2. The fourth-order valence-electron chi connectivity index (χ4n) is 3.63. The van der Waals surface area contributed by atoms with Crippen molar-refractivity contribution in [1.29, 1.82) is 0 Å². The zero-order chi connectivity index (χ0) is 20.2. The Morgan fingerprint density at radius 3 is 1.72 bits per heavy atom. The molecule has 0 spiro atoms. The molecule has 0 aliphatic heterocycles. The summed E-state index contributed by atoms with van der Waals surface area (Å²) in [5, 5.41) is 0. The topological polar surface area (TPSA) is 44.0 Å². The molecule has 0 radical (unpaired) electrons. The van der Waals surface area contributed by atoms with Gasteiger partial charge in [0.2, 0.25) is 0 Å².